The van der Waals surface area contributed by atoms with Gasteiger partial charge in [-0.05, 0) is 58.7 Å². The van der Waals surface area contributed by atoms with E-state index in [1.807, 2.05) is 0 Å². The van der Waals surface area contributed by atoms with Gasteiger partial charge in [0.2, 0.25) is 10.0 Å². The van der Waals surface area contributed by atoms with Crippen LogP contribution in [-0.4, -0.2) is 57.5 Å². The number of hydrogen-bond acceptors (Lipinski definition) is 7. The molecule has 1 amide bonds. The number of hydrogen-bond donors (Lipinski definition) is 2. The van der Waals surface area contributed by atoms with Crippen molar-refractivity contribution in [1.29, 1.82) is 0 Å². The molecular formula is C22H21BrClFN4O6S. The number of rotatable bonds is 8. The van der Waals surface area contributed by atoms with Crippen LogP contribution in [0.5, 0.6) is 0 Å². The molecule has 0 aliphatic heterocycles. The first-order chi connectivity index (χ1) is 17.1. The summed E-state index contributed by atoms with van der Waals surface area (Å²) in [7, 11) is -1.64. The highest BCUT2D eigenvalue weighted by atomic mass is 79.9. The van der Waals surface area contributed by atoms with E-state index in [0.717, 1.165) is 4.57 Å². The van der Waals surface area contributed by atoms with Gasteiger partial charge in [0.15, 0.2) is 0 Å². The van der Waals surface area contributed by atoms with Gasteiger partial charge in [0.25, 0.3) is 0 Å². The average molecular weight is 604 g/mol. The van der Waals surface area contributed by atoms with Crippen molar-refractivity contribution in [2.75, 3.05) is 27.3 Å². The van der Waals surface area contributed by atoms with Gasteiger partial charge in [-0.15, -0.1) is 0 Å². The second-order valence-electron chi connectivity index (χ2n) is 7.22. The predicted octanol–water partition coefficient (Wildman–Crippen LogP) is 4.41. The van der Waals surface area contributed by atoms with E-state index in [2.05, 4.69) is 35.7 Å². The fraction of sp³-hybridized carbons (Fsp3) is 0.227. The van der Waals surface area contributed by atoms with Gasteiger partial charge in [-0.1, -0.05) is 11.6 Å². The first-order valence-electron chi connectivity index (χ1n) is 10.3. The van der Waals surface area contributed by atoms with Gasteiger partial charge >= 0.3 is 12.2 Å². The molecule has 10 nitrogen and oxygen atoms in total. The molecule has 1 heterocycles. The zero-order chi connectivity index (χ0) is 26.5. The van der Waals surface area contributed by atoms with E-state index in [1.165, 1.54) is 56.8 Å². The van der Waals surface area contributed by atoms with Crippen LogP contribution in [0.25, 0.3) is 22.6 Å². The number of halogens is 3. The maximum atomic E-state index is 13.7. The molecule has 0 bridgehead atoms. The van der Waals surface area contributed by atoms with Crippen LogP contribution in [0.4, 0.5) is 14.0 Å². The number of nitrogens with zero attached hydrogens (tertiary/aromatic N) is 2. The second kappa shape index (κ2) is 11.8. The number of ether oxygens (including phenoxy) is 2. The van der Waals surface area contributed by atoms with Crippen molar-refractivity contribution in [3.05, 3.63) is 57.9 Å². The molecule has 3 aromatic rings. The molecule has 0 spiro atoms. The fourth-order valence-corrected chi connectivity index (χ4v) is 5.15. The summed E-state index contributed by atoms with van der Waals surface area (Å²) in [5.41, 5.74) is 1.04. The summed E-state index contributed by atoms with van der Waals surface area (Å²) in [6, 6.07) is 8.34. The van der Waals surface area contributed by atoms with E-state index < -0.39 is 28.0 Å². The lowest BCUT2D eigenvalue weighted by atomic mass is 10.1. The lowest BCUT2D eigenvalue weighted by Gasteiger charge is -2.12. The van der Waals surface area contributed by atoms with Crippen molar-refractivity contribution >= 4 is 49.7 Å². The van der Waals surface area contributed by atoms with Gasteiger partial charge in [0, 0.05) is 24.2 Å². The Labute approximate surface area is 219 Å². The normalized spacial score (nSPS) is 11.2. The minimum absolute atomic E-state index is 0.0211. The Kier molecular flexibility index (Phi) is 9.06. The summed E-state index contributed by atoms with van der Waals surface area (Å²) >= 11 is 9.30. The van der Waals surface area contributed by atoms with Crippen LogP contribution in [-0.2, 0) is 19.5 Å². The zero-order valence-electron chi connectivity index (χ0n) is 19.0. The van der Waals surface area contributed by atoms with E-state index >= 15 is 0 Å². The number of nitrogens with one attached hydrogen (secondary N) is 2. The van der Waals surface area contributed by atoms with Crippen LogP contribution >= 0.6 is 27.5 Å². The molecule has 0 aliphatic carbocycles. The molecule has 0 saturated heterocycles. The van der Waals surface area contributed by atoms with Crippen LogP contribution in [0.2, 0.25) is 5.02 Å². The van der Waals surface area contributed by atoms with Crippen molar-refractivity contribution in [1.82, 2.24) is 19.6 Å². The van der Waals surface area contributed by atoms with E-state index in [0.29, 0.717) is 17.7 Å². The lowest BCUT2D eigenvalue weighted by molar-refractivity contribution is 0.170. The quantitative estimate of drug-likeness (QED) is 0.365. The van der Waals surface area contributed by atoms with Crippen molar-refractivity contribution in [2.45, 2.75) is 11.3 Å². The number of methoxy groups -OCH3 is 2. The Bertz CT molecular complexity index is 1400. The molecule has 1 aromatic heterocycles. The average Bonchev–Trinajstić information content (AvgIpc) is 3.30. The number of sulfonamides is 1. The molecule has 14 heteroatoms. The molecule has 0 fully saturated rings. The lowest BCUT2D eigenvalue weighted by Crippen LogP contribution is -2.30. The smallest absolute Gasteiger partial charge is 0.419 e. The number of aromatic nitrogens is 2. The highest BCUT2D eigenvalue weighted by molar-refractivity contribution is 9.10. The highest BCUT2D eigenvalue weighted by Crippen LogP contribution is 2.32. The van der Waals surface area contributed by atoms with E-state index in [-0.39, 0.29) is 38.9 Å². The van der Waals surface area contributed by atoms with Crippen LogP contribution < -0.4 is 10.0 Å². The SMILES string of the molecule is COC(=O)NCCCNS(=O)(=O)c1cc(-c2ncc(-c3ccc(F)c(Br)c3)n2C(=O)OC)ccc1Cl. The third-order valence-electron chi connectivity index (χ3n) is 4.91. The van der Waals surface area contributed by atoms with E-state index in [4.69, 9.17) is 16.3 Å². The zero-order valence-corrected chi connectivity index (χ0v) is 22.2. The van der Waals surface area contributed by atoms with Gasteiger partial charge in [0.05, 0.1) is 35.6 Å². The van der Waals surface area contributed by atoms with Crippen molar-refractivity contribution < 1.29 is 31.9 Å². The topological polar surface area (TPSA) is 129 Å². The van der Waals surface area contributed by atoms with Gasteiger partial charge in [0.1, 0.15) is 16.5 Å². The van der Waals surface area contributed by atoms with Crippen LogP contribution in [0, 0.1) is 5.82 Å². The molecule has 192 valence electrons. The third kappa shape index (κ3) is 6.22. The predicted molar refractivity (Wildman–Crippen MR) is 134 cm³/mol. The van der Waals surface area contributed by atoms with Crippen molar-refractivity contribution in [3.63, 3.8) is 0 Å². The minimum atomic E-state index is -4.05. The number of amides is 1. The summed E-state index contributed by atoms with van der Waals surface area (Å²) in [6.07, 6.45) is 0.284. The largest absolute Gasteiger partial charge is 0.453 e. The van der Waals surface area contributed by atoms with E-state index in [1.54, 1.807) is 0 Å². The molecule has 0 radical (unpaired) electrons. The van der Waals surface area contributed by atoms with E-state index in [9.17, 15) is 22.4 Å². The number of imidazole rings is 1. The first kappa shape index (κ1) is 27.6. The Hall–Kier alpha value is -3.00. The molecular weight excluding hydrogens is 583 g/mol. The Morgan fingerprint density at radius 1 is 1.11 bits per heavy atom. The number of carbonyl (C=O) groups excluding carboxylic acids is 2. The second-order valence-corrected chi connectivity index (χ2v) is 10.2. The van der Waals surface area contributed by atoms with Gasteiger partial charge in [-0.3, -0.25) is 0 Å². The molecule has 36 heavy (non-hydrogen) atoms. The molecule has 0 saturated carbocycles. The fourth-order valence-electron chi connectivity index (χ4n) is 3.17. The highest BCUT2D eigenvalue weighted by Gasteiger charge is 2.24. The summed E-state index contributed by atoms with van der Waals surface area (Å²) in [6.45, 7) is 0.217. The van der Waals surface area contributed by atoms with Crippen LogP contribution in [0.15, 0.2) is 52.0 Å². The summed E-state index contributed by atoms with van der Waals surface area (Å²) in [5.74, 6) is -0.392. The molecule has 2 N–H and O–H groups in total. The van der Waals surface area contributed by atoms with Gasteiger partial charge in [-0.2, -0.15) is 0 Å². The van der Waals surface area contributed by atoms with Crippen LogP contribution in [0.1, 0.15) is 6.42 Å². The Morgan fingerprint density at radius 2 is 1.83 bits per heavy atom. The third-order valence-corrected chi connectivity index (χ3v) is 7.46. The monoisotopic (exact) mass is 602 g/mol. The summed E-state index contributed by atoms with van der Waals surface area (Å²) in [4.78, 5) is 27.8. The van der Waals surface area contributed by atoms with Crippen molar-refractivity contribution in [2.24, 2.45) is 0 Å². The van der Waals surface area contributed by atoms with Crippen LogP contribution in [0.3, 0.4) is 0 Å². The number of benzene rings is 2. The maximum absolute atomic E-state index is 13.7. The standard InChI is InChI=1S/C22H21BrClFN4O6S/c1-34-21(30)26-8-3-9-28-36(32,33)19-11-14(4-6-16(19)24)20-27-12-18(29(20)22(31)35-2)13-5-7-17(25)15(23)10-13/h4-7,10-12,28H,3,8-9H2,1-2H3,(H,26,30). The number of carbonyl (C=O) groups is 2. The molecule has 3 rings (SSSR count). The summed E-state index contributed by atoms with van der Waals surface area (Å²) in [5, 5.41) is 2.40. The Morgan fingerprint density at radius 3 is 2.50 bits per heavy atom. The molecule has 0 atom stereocenters. The van der Waals surface area contributed by atoms with Crippen molar-refractivity contribution in [3.8, 4) is 22.6 Å². The molecule has 0 aliphatic rings. The van der Waals surface area contributed by atoms with Gasteiger partial charge in [-0.25, -0.2) is 36.7 Å². The number of alkyl carbamates (subject to hydrolysis) is 1. The molecule has 2 aromatic carbocycles. The minimum Gasteiger partial charge on any atom is -0.453 e. The maximum Gasteiger partial charge on any atom is 0.419 e. The Balaban J connectivity index is 1.95. The summed E-state index contributed by atoms with van der Waals surface area (Å²) < 4.78 is 52.6. The molecule has 0 unspecified atom stereocenters. The van der Waals surface area contributed by atoms with Gasteiger partial charge < -0.3 is 14.8 Å². The first-order valence-corrected chi connectivity index (χ1v) is 13.0.